The number of nitrogen functional groups attached to an aromatic ring is 1. The molecule has 0 heterocycles. The van der Waals surface area contributed by atoms with Crippen LogP contribution in [-0.2, 0) is 10.0 Å². The van der Waals surface area contributed by atoms with E-state index in [0.29, 0.717) is 5.69 Å². The lowest BCUT2D eigenvalue weighted by Crippen LogP contribution is -2.14. The maximum absolute atomic E-state index is 12.8. The number of nitrogens with two attached hydrogens (primary N) is 1. The van der Waals surface area contributed by atoms with E-state index in [0.717, 1.165) is 24.3 Å². The molecule has 0 amide bonds. The molecule has 0 spiro atoms. The highest BCUT2D eigenvalue weighted by atomic mass is 32.2. The smallest absolute Gasteiger partial charge is 0.261 e. The Hall–Kier alpha value is -2.59. The summed E-state index contributed by atoms with van der Waals surface area (Å²) in [5.41, 5.74) is 6.10. The molecule has 0 aromatic heterocycles. The molecule has 0 saturated heterocycles. The number of hydrogen-bond acceptors (Lipinski definition) is 4. The maximum atomic E-state index is 12.8. The first-order valence-corrected chi connectivity index (χ1v) is 6.99. The van der Waals surface area contributed by atoms with Crippen LogP contribution in [0.4, 0.5) is 15.8 Å². The van der Waals surface area contributed by atoms with Crippen LogP contribution in [-0.4, -0.2) is 8.42 Å². The number of hydrogen-bond donors (Lipinski definition) is 2. The molecule has 0 aliphatic heterocycles. The molecule has 0 saturated carbocycles. The summed E-state index contributed by atoms with van der Waals surface area (Å²) in [6, 6.07) is 10.5. The van der Waals surface area contributed by atoms with Gasteiger partial charge in [-0.3, -0.25) is 4.72 Å². The third kappa shape index (κ3) is 2.87. The fourth-order valence-electron chi connectivity index (χ4n) is 1.56. The standard InChI is InChI=1S/C13H10FN3O2S/c14-10-1-4-12(5-2-10)20(18,19)17-13-6-3-11(16)7-9(13)8-15/h1-7,17H,16H2. The molecule has 0 aliphatic carbocycles. The molecular weight excluding hydrogens is 281 g/mol. The van der Waals surface area contributed by atoms with E-state index in [1.807, 2.05) is 6.07 Å². The first kappa shape index (κ1) is 13.8. The lowest BCUT2D eigenvalue weighted by Gasteiger charge is -2.09. The zero-order valence-corrected chi connectivity index (χ0v) is 11.0. The van der Waals surface area contributed by atoms with Crippen molar-refractivity contribution in [2.24, 2.45) is 0 Å². The van der Waals surface area contributed by atoms with E-state index in [9.17, 15) is 12.8 Å². The van der Waals surface area contributed by atoms with Gasteiger partial charge in [-0.05, 0) is 42.5 Å². The van der Waals surface area contributed by atoms with E-state index in [1.54, 1.807) is 0 Å². The van der Waals surface area contributed by atoms with Gasteiger partial charge < -0.3 is 5.73 Å². The van der Waals surface area contributed by atoms with Crippen molar-refractivity contribution in [1.29, 1.82) is 5.26 Å². The normalized spacial score (nSPS) is 10.8. The minimum atomic E-state index is -3.88. The second kappa shape index (κ2) is 5.19. The van der Waals surface area contributed by atoms with E-state index in [1.165, 1.54) is 18.2 Å². The first-order valence-electron chi connectivity index (χ1n) is 5.50. The summed E-state index contributed by atoms with van der Waals surface area (Å²) in [6.45, 7) is 0. The molecule has 0 radical (unpaired) electrons. The van der Waals surface area contributed by atoms with E-state index < -0.39 is 15.8 Å². The molecule has 102 valence electrons. The van der Waals surface area contributed by atoms with Gasteiger partial charge in [-0.25, -0.2) is 12.8 Å². The molecule has 5 nitrogen and oxygen atoms in total. The molecule has 0 aliphatic rings. The minimum Gasteiger partial charge on any atom is -0.399 e. The Kier molecular flexibility index (Phi) is 3.59. The average molecular weight is 291 g/mol. The summed E-state index contributed by atoms with van der Waals surface area (Å²) < 4.78 is 39.2. The maximum Gasteiger partial charge on any atom is 0.261 e. The van der Waals surface area contributed by atoms with Crippen molar-refractivity contribution < 1.29 is 12.8 Å². The number of nitrogens with one attached hydrogen (secondary N) is 1. The van der Waals surface area contributed by atoms with Crippen LogP contribution in [0.2, 0.25) is 0 Å². The number of nitriles is 1. The highest BCUT2D eigenvalue weighted by molar-refractivity contribution is 7.92. The van der Waals surface area contributed by atoms with Gasteiger partial charge in [-0.15, -0.1) is 0 Å². The van der Waals surface area contributed by atoms with Gasteiger partial charge in [-0.1, -0.05) is 0 Å². The fraction of sp³-hybridized carbons (Fsp3) is 0. The molecule has 7 heteroatoms. The summed E-state index contributed by atoms with van der Waals surface area (Å²) in [5.74, 6) is -0.533. The number of anilines is 2. The Balaban J connectivity index is 2.39. The van der Waals surface area contributed by atoms with Crippen LogP contribution in [0.15, 0.2) is 47.4 Å². The number of nitrogens with zero attached hydrogens (tertiary/aromatic N) is 1. The Labute approximate surface area is 115 Å². The van der Waals surface area contributed by atoms with Crippen molar-refractivity contribution in [2.75, 3.05) is 10.5 Å². The van der Waals surface area contributed by atoms with Crippen molar-refractivity contribution in [3.05, 3.63) is 53.8 Å². The Morgan fingerprint density at radius 2 is 1.80 bits per heavy atom. The highest BCUT2D eigenvalue weighted by Gasteiger charge is 2.16. The van der Waals surface area contributed by atoms with Gasteiger partial charge in [0.1, 0.15) is 11.9 Å². The lowest BCUT2D eigenvalue weighted by atomic mass is 10.2. The zero-order valence-electron chi connectivity index (χ0n) is 10.2. The van der Waals surface area contributed by atoms with Gasteiger partial charge in [0.15, 0.2) is 0 Å². The topological polar surface area (TPSA) is 96.0 Å². The van der Waals surface area contributed by atoms with Gasteiger partial charge in [0, 0.05) is 5.69 Å². The van der Waals surface area contributed by atoms with Crippen molar-refractivity contribution in [2.45, 2.75) is 4.90 Å². The van der Waals surface area contributed by atoms with Crippen LogP contribution < -0.4 is 10.5 Å². The first-order chi connectivity index (χ1) is 9.42. The van der Waals surface area contributed by atoms with E-state index in [-0.39, 0.29) is 16.1 Å². The molecule has 20 heavy (non-hydrogen) atoms. The second-order valence-electron chi connectivity index (χ2n) is 3.98. The zero-order chi connectivity index (χ0) is 14.8. The number of halogens is 1. The fourth-order valence-corrected chi connectivity index (χ4v) is 2.64. The van der Waals surface area contributed by atoms with E-state index >= 15 is 0 Å². The third-order valence-corrected chi connectivity index (χ3v) is 3.91. The summed E-state index contributed by atoms with van der Waals surface area (Å²) in [6.07, 6.45) is 0. The van der Waals surface area contributed by atoms with Crippen LogP contribution in [0.3, 0.4) is 0 Å². The largest absolute Gasteiger partial charge is 0.399 e. The SMILES string of the molecule is N#Cc1cc(N)ccc1NS(=O)(=O)c1ccc(F)cc1. The quantitative estimate of drug-likeness (QED) is 0.846. The Bertz CT molecular complexity index is 780. The summed E-state index contributed by atoms with van der Waals surface area (Å²) in [7, 11) is -3.88. The number of rotatable bonds is 3. The summed E-state index contributed by atoms with van der Waals surface area (Å²) in [4.78, 5) is -0.0976. The predicted molar refractivity (Wildman–Crippen MR) is 72.8 cm³/mol. The van der Waals surface area contributed by atoms with E-state index in [4.69, 9.17) is 11.0 Å². The van der Waals surface area contributed by atoms with Crippen molar-refractivity contribution in [1.82, 2.24) is 0 Å². The van der Waals surface area contributed by atoms with E-state index in [2.05, 4.69) is 4.72 Å². The molecule has 0 atom stereocenters. The molecule has 3 N–H and O–H groups in total. The monoisotopic (exact) mass is 291 g/mol. The average Bonchev–Trinajstić information content (AvgIpc) is 2.41. The number of benzene rings is 2. The van der Waals surface area contributed by atoms with Gasteiger partial charge >= 0.3 is 0 Å². The highest BCUT2D eigenvalue weighted by Crippen LogP contribution is 2.22. The van der Waals surface area contributed by atoms with Crippen molar-refractivity contribution in [3.63, 3.8) is 0 Å². The molecule has 2 aromatic carbocycles. The molecule has 0 unspecified atom stereocenters. The van der Waals surface area contributed by atoms with Crippen LogP contribution >= 0.6 is 0 Å². The predicted octanol–water partition coefficient (Wildman–Crippen LogP) is 2.08. The van der Waals surface area contributed by atoms with Crippen molar-refractivity contribution in [3.8, 4) is 6.07 Å². The van der Waals surface area contributed by atoms with Crippen molar-refractivity contribution >= 4 is 21.4 Å². The van der Waals surface area contributed by atoms with Crippen LogP contribution in [0.25, 0.3) is 0 Å². The van der Waals surface area contributed by atoms with Crippen LogP contribution in [0.1, 0.15) is 5.56 Å². The van der Waals surface area contributed by atoms with Gasteiger partial charge in [-0.2, -0.15) is 5.26 Å². The van der Waals surface area contributed by atoms with Crippen LogP contribution in [0, 0.1) is 17.1 Å². The number of sulfonamides is 1. The second-order valence-corrected chi connectivity index (χ2v) is 5.66. The minimum absolute atomic E-state index is 0.0976. The van der Waals surface area contributed by atoms with Gasteiger partial charge in [0.25, 0.3) is 10.0 Å². The molecule has 0 bridgehead atoms. The summed E-state index contributed by atoms with van der Waals surface area (Å²) in [5, 5.41) is 8.96. The molecule has 2 aromatic rings. The molecular formula is C13H10FN3O2S. The Morgan fingerprint density at radius 1 is 1.15 bits per heavy atom. The lowest BCUT2D eigenvalue weighted by molar-refractivity contribution is 0.599. The molecule has 2 rings (SSSR count). The molecule has 0 fully saturated rings. The Morgan fingerprint density at radius 3 is 2.40 bits per heavy atom. The van der Waals surface area contributed by atoms with Gasteiger partial charge in [0.2, 0.25) is 0 Å². The van der Waals surface area contributed by atoms with Crippen LogP contribution in [0.5, 0.6) is 0 Å². The summed E-state index contributed by atoms with van der Waals surface area (Å²) >= 11 is 0. The van der Waals surface area contributed by atoms with Gasteiger partial charge in [0.05, 0.1) is 16.1 Å². The third-order valence-electron chi connectivity index (χ3n) is 2.53.